The van der Waals surface area contributed by atoms with Crippen LogP contribution in [0.3, 0.4) is 0 Å². The van der Waals surface area contributed by atoms with Gasteiger partial charge in [0.15, 0.2) is 12.0 Å². The number of rotatable bonds is 23. The first-order valence-corrected chi connectivity index (χ1v) is 20.5. The topological polar surface area (TPSA) is 354 Å². The van der Waals surface area contributed by atoms with Gasteiger partial charge in [0.1, 0.15) is 36.3 Å². The molecule has 9 atom stereocenters. The fourth-order valence-electron chi connectivity index (χ4n) is 7.12. The van der Waals surface area contributed by atoms with Crippen LogP contribution in [0.4, 0.5) is 0 Å². The second kappa shape index (κ2) is 24.2. The number of carbonyl (C=O) groups excluding carboxylic acids is 7. The van der Waals surface area contributed by atoms with Crippen molar-refractivity contribution in [3.63, 3.8) is 0 Å². The lowest BCUT2D eigenvalue weighted by Gasteiger charge is -2.33. The number of aliphatic hydroxyl groups is 2. The number of aliphatic imine (C=N–C) groups is 1. The van der Waals surface area contributed by atoms with Crippen LogP contribution < -0.4 is 43.8 Å². The second-order valence-electron chi connectivity index (χ2n) is 16.4. The van der Waals surface area contributed by atoms with Crippen LogP contribution >= 0.6 is 0 Å². The summed E-state index contributed by atoms with van der Waals surface area (Å²) in [6.45, 7) is 9.62. The Morgan fingerprint density at radius 2 is 1.28 bits per heavy atom. The highest BCUT2D eigenvalue weighted by molar-refractivity contribution is 5.98. The number of carboxylic acid groups (broad SMARTS) is 1. The summed E-state index contributed by atoms with van der Waals surface area (Å²) in [5, 5.41) is 41.3. The molecule has 0 saturated carbocycles. The van der Waals surface area contributed by atoms with Gasteiger partial charge in [-0.1, -0.05) is 27.7 Å². The van der Waals surface area contributed by atoms with E-state index in [2.05, 4.69) is 31.6 Å². The van der Waals surface area contributed by atoms with E-state index in [-0.39, 0.29) is 69.5 Å². The fourth-order valence-corrected chi connectivity index (χ4v) is 7.12. The molecule has 0 aromatic carbocycles. The third kappa shape index (κ3) is 15.5. The summed E-state index contributed by atoms with van der Waals surface area (Å²) < 4.78 is 0. The molecule has 2 saturated heterocycles. The third-order valence-corrected chi connectivity index (χ3v) is 10.2. The average Bonchev–Trinajstić information content (AvgIpc) is 3.86. The molecule has 0 unspecified atom stereocenters. The second-order valence-corrected chi connectivity index (χ2v) is 16.4. The summed E-state index contributed by atoms with van der Waals surface area (Å²) in [6, 6.07) is -9.54. The Balaban J connectivity index is 2.24. The van der Waals surface area contributed by atoms with Crippen molar-refractivity contribution >= 4 is 53.3 Å². The standard InChI is InChI=1S/C38H67N11O11/c1-19(2)16-23(39)31(53)43-21(5)30(52)44-24(10-7-13-42-38(40)41)35(57)49-15-9-12-28(49)36(58)48-14-8-11-27(48)34(56)45-25(17-20(3)4)32(54)46-26(18-50)33(55)47-29(22(6)51)37(59)60/h19-29,50-51H,7-18,39H2,1-6H3,(H,43,53)(H,44,52)(H,45,56)(H,46,54)(H,47,55)(H,59,60)(H4,40,41,42)/t21-,22+,23-,24-,25-,26-,27-,28-,29-/m0/s1. The molecule has 2 aliphatic rings. The minimum atomic E-state index is -1.71. The van der Waals surface area contributed by atoms with Crippen molar-refractivity contribution in [1.29, 1.82) is 0 Å². The number of nitrogens with one attached hydrogen (secondary N) is 5. The highest BCUT2D eigenvalue weighted by Crippen LogP contribution is 2.26. The van der Waals surface area contributed by atoms with Gasteiger partial charge in [-0.3, -0.25) is 38.6 Å². The van der Waals surface area contributed by atoms with E-state index in [1.54, 1.807) is 13.8 Å². The number of amides is 7. The number of aliphatic hydroxyl groups excluding tert-OH is 2. The van der Waals surface area contributed by atoms with Gasteiger partial charge in [0, 0.05) is 19.6 Å². The highest BCUT2D eigenvalue weighted by atomic mass is 16.4. The van der Waals surface area contributed by atoms with Gasteiger partial charge in [0.05, 0.1) is 18.8 Å². The lowest BCUT2D eigenvalue weighted by molar-refractivity contribution is -0.148. The van der Waals surface area contributed by atoms with Crippen molar-refractivity contribution in [2.45, 2.75) is 147 Å². The number of nitrogens with two attached hydrogens (primary N) is 3. The van der Waals surface area contributed by atoms with Crippen LogP contribution in [0, 0.1) is 11.8 Å². The minimum absolute atomic E-state index is 0.0949. The Labute approximate surface area is 350 Å². The van der Waals surface area contributed by atoms with Crippen molar-refractivity contribution in [2.75, 3.05) is 26.2 Å². The normalized spacial score (nSPS) is 19.9. The van der Waals surface area contributed by atoms with Crippen molar-refractivity contribution < 1.29 is 53.7 Å². The first-order chi connectivity index (χ1) is 28.1. The molecule has 2 rings (SSSR count). The van der Waals surface area contributed by atoms with Gasteiger partial charge in [-0.2, -0.15) is 0 Å². The quantitative estimate of drug-likeness (QED) is 0.0268. The average molecular weight is 854 g/mol. The molecule has 2 fully saturated rings. The Bertz CT molecular complexity index is 1560. The number of likely N-dealkylation sites (tertiary alicyclic amines) is 2. The van der Waals surface area contributed by atoms with E-state index < -0.39 is 108 Å². The molecular formula is C38H67N11O11. The van der Waals surface area contributed by atoms with Gasteiger partial charge in [0.25, 0.3) is 0 Å². The molecule has 0 spiro atoms. The van der Waals surface area contributed by atoms with E-state index in [1.165, 1.54) is 16.7 Å². The zero-order valence-electron chi connectivity index (χ0n) is 35.5. The fraction of sp³-hybridized carbons (Fsp3) is 0.763. The van der Waals surface area contributed by atoms with Crippen LogP contribution in [0.2, 0.25) is 0 Å². The molecule has 2 aliphatic heterocycles. The van der Waals surface area contributed by atoms with Crippen LogP contribution in [0.1, 0.15) is 92.9 Å². The molecule has 0 aliphatic carbocycles. The van der Waals surface area contributed by atoms with Crippen LogP contribution in [-0.2, 0) is 38.4 Å². The van der Waals surface area contributed by atoms with Gasteiger partial charge in [-0.05, 0) is 77.0 Å². The molecule has 0 aromatic rings. The summed E-state index contributed by atoms with van der Waals surface area (Å²) in [7, 11) is 0. The number of nitrogens with zero attached hydrogens (tertiary/aromatic N) is 3. The van der Waals surface area contributed by atoms with E-state index in [4.69, 9.17) is 17.2 Å². The lowest BCUT2D eigenvalue weighted by Crippen LogP contribution is -2.60. The first-order valence-electron chi connectivity index (χ1n) is 20.5. The van der Waals surface area contributed by atoms with E-state index in [9.17, 15) is 53.7 Å². The van der Waals surface area contributed by atoms with Crippen LogP contribution in [0.5, 0.6) is 0 Å². The molecule has 14 N–H and O–H groups in total. The molecule has 22 nitrogen and oxygen atoms in total. The summed E-state index contributed by atoms with van der Waals surface area (Å²) >= 11 is 0. The smallest absolute Gasteiger partial charge is 0.328 e. The summed E-state index contributed by atoms with van der Waals surface area (Å²) in [4.78, 5) is 113. The molecule has 2 heterocycles. The lowest BCUT2D eigenvalue weighted by atomic mass is 10.0. The van der Waals surface area contributed by atoms with Crippen molar-refractivity contribution in [2.24, 2.45) is 34.0 Å². The first kappa shape index (κ1) is 51.1. The highest BCUT2D eigenvalue weighted by Gasteiger charge is 2.44. The van der Waals surface area contributed by atoms with Crippen LogP contribution in [0.15, 0.2) is 4.99 Å². The predicted molar refractivity (Wildman–Crippen MR) is 218 cm³/mol. The maximum absolute atomic E-state index is 14.2. The minimum Gasteiger partial charge on any atom is -0.480 e. The zero-order valence-corrected chi connectivity index (χ0v) is 35.5. The van der Waals surface area contributed by atoms with Crippen molar-refractivity contribution in [3.05, 3.63) is 0 Å². The maximum atomic E-state index is 14.2. The Hall–Kier alpha value is -5.09. The van der Waals surface area contributed by atoms with E-state index >= 15 is 0 Å². The van der Waals surface area contributed by atoms with Crippen molar-refractivity contribution in [1.82, 2.24) is 36.4 Å². The Morgan fingerprint density at radius 3 is 1.83 bits per heavy atom. The molecule has 7 amide bonds. The van der Waals surface area contributed by atoms with Gasteiger partial charge in [0.2, 0.25) is 41.4 Å². The number of aliphatic carboxylic acids is 1. The zero-order chi connectivity index (χ0) is 45.4. The van der Waals surface area contributed by atoms with Gasteiger partial charge < -0.3 is 68.9 Å². The summed E-state index contributed by atoms with van der Waals surface area (Å²) in [6.07, 6.45) is 0.832. The maximum Gasteiger partial charge on any atom is 0.328 e. The molecule has 60 heavy (non-hydrogen) atoms. The van der Waals surface area contributed by atoms with E-state index in [1.807, 2.05) is 13.8 Å². The van der Waals surface area contributed by atoms with E-state index in [0.29, 0.717) is 19.3 Å². The van der Waals surface area contributed by atoms with Gasteiger partial charge in [-0.15, -0.1) is 0 Å². The number of guanidine groups is 1. The van der Waals surface area contributed by atoms with Crippen LogP contribution in [-0.4, -0.2) is 159 Å². The number of carboxylic acids is 1. The predicted octanol–water partition coefficient (Wildman–Crippen LogP) is -3.66. The van der Waals surface area contributed by atoms with Gasteiger partial charge in [-0.25, -0.2) is 4.79 Å². The largest absolute Gasteiger partial charge is 0.480 e. The summed E-state index contributed by atoms with van der Waals surface area (Å²) in [5.41, 5.74) is 16.9. The molecule has 0 bridgehead atoms. The SMILES string of the molecule is CC(C)C[C@H](NC(=O)[C@@H]1CCCN1C(=O)[C@@H]1CCCN1C(=O)[C@H](CCCN=C(N)N)NC(=O)[C@H](C)NC(=O)[C@@H](N)CC(C)C)C(=O)N[C@@H](CO)C(=O)N[C@H](C(=O)O)[C@@H](C)O. The summed E-state index contributed by atoms with van der Waals surface area (Å²) in [5.74, 6) is -6.47. The van der Waals surface area contributed by atoms with Crippen LogP contribution in [0.25, 0.3) is 0 Å². The third-order valence-electron chi connectivity index (χ3n) is 10.2. The van der Waals surface area contributed by atoms with Gasteiger partial charge >= 0.3 is 5.97 Å². The Morgan fingerprint density at radius 1 is 0.717 bits per heavy atom. The molecular weight excluding hydrogens is 786 g/mol. The molecule has 340 valence electrons. The van der Waals surface area contributed by atoms with Crippen molar-refractivity contribution in [3.8, 4) is 0 Å². The number of hydrogen-bond acceptors (Lipinski definition) is 12. The number of hydrogen-bond donors (Lipinski definition) is 11. The monoisotopic (exact) mass is 854 g/mol. The number of carbonyl (C=O) groups is 8. The molecule has 22 heteroatoms. The molecule has 0 radical (unpaired) electrons. The molecule has 0 aromatic heterocycles. The van der Waals surface area contributed by atoms with E-state index in [0.717, 1.165) is 6.92 Å². The Kier molecular flexibility index (Phi) is 20.6.